The average molecular weight is 1560 g/mol. The first-order chi connectivity index (χ1) is 60.0. The molecule has 0 spiro atoms. The van der Waals surface area contributed by atoms with E-state index < -0.39 is 0 Å². The molecule has 8 heteroatoms. The number of fused-ring (bicyclic) bond motifs is 12. The third-order valence-electron chi connectivity index (χ3n) is 25.3. The molecule has 16 aromatic carbocycles. The van der Waals surface area contributed by atoms with E-state index in [2.05, 4.69) is 374 Å². The first-order valence-corrected chi connectivity index (χ1v) is 41.6. The van der Waals surface area contributed by atoms with Gasteiger partial charge in [-0.1, -0.05) is 266 Å². The summed E-state index contributed by atoms with van der Waals surface area (Å²) in [6.07, 6.45) is 8.65. The Kier molecular flexibility index (Phi) is 17.4. The van der Waals surface area contributed by atoms with Gasteiger partial charge in [0.05, 0.1) is 115 Å². The van der Waals surface area contributed by atoms with E-state index in [-0.39, 0.29) is 0 Å². The molecule has 6 aromatic heterocycles. The lowest BCUT2D eigenvalue weighted by molar-refractivity contribution is 1.09. The predicted octanol–water partition coefficient (Wildman–Crippen LogP) is 29.1. The summed E-state index contributed by atoms with van der Waals surface area (Å²) >= 11 is 0. The molecule has 6 heterocycles. The van der Waals surface area contributed by atoms with Crippen molar-refractivity contribution in [1.29, 1.82) is 10.5 Å². The molecule has 0 radical (unpaired) electrons. The van der Waals surface area contributed by atoms with E-state index in [0.29, 0.717) is 17.5 Å². The second kappa shape index (κ2) is 29.3. The second-order valence-electron chi connectivity index (χ2n) is 32.5. The Hall–Kier alpha value is -16.0. The first kappa shape index (κ1) is 72.5. The first-order valence-electron chi connectivity index (χ1n) is 41.6. The van der Waals surface area contributed by atoms with Crippen LogP contribution in [0.2, 0.25) is 0 Å². The largest absolute Gasteiger partial charge is 0.307 e. The number of hydrogen-bond donors (Lipinski definition) is 0. The van der Waals surface area contributed by atoms with Gasteiger partial charge < -0.3 is 18.3 Å². The molecule has 0 saturated carbocycles. The van der Waals surface area contributed by atoms with Crippen molar-refractivity contribution in [3.63, 3.8) is 0 Å². The maximum atomic E-state index is 11.3. The number of nitrogens with zero attached hydrogens (tertiary/aromatic N) is 8. The molecule has 0 unspecified atom stereocenters. The SMILES string of the molecule is Cc1cccc(-c2ccc3c4ccccc4n(-c4cncc(-n5c6ccccc6c6ccc(-c7cccc(Cc8ccc(C)c(-c9ccc%10c(c9)c9cc(-c%11ccccc%11C)ccc9n%10-c9cncc(-n%10c%11ccc(-c%12ccccc%12C)cc%11c%11cc(-c%12ccccc%12C)ccc%11%10)c9-c9ccccc9C#N)c8)c7)cc65)c4-c4ccccc4C#N)c3c2)c1. The van der Waals surface area contributed by atoms with Crippen LogP contribution < -0.4 is 0 Å². The van der Waals surface area contributed by atoms with Gasteiger partial charge in [0.25, 0.3) is 0 Å². The van der Waals surface area contributed by atoms with Crippen LogP contribution in [0.4, 0.5) is 0 Å². The number of benzene rings is 16. The summed E-state index contributed by atoms with van der Waals surface area (Å²) < 4.78 is 9.50. The van der Waals surface area contributed by atoms with Crippen LogP contribution in [-0.4, -0.2) is 28.2 Å². The minimum atomic E-state index is 0.565. The Morgan fingerprint density at radius 1 is 0.230 bits per heavy atom. The maximum absolute atomic E-state index is 11.3. The van der Waals surface area contributed by atoms with E-state index in [4.69, 9.17) is 9.97 Å². The molecule has 0 aliphatic rings. The van der Waals surface area contributed by atoms with Gasteiger partial charge >= 0.3 is 0 Å². The van der Waals surface area contributed by atoms with Gasteiger partial charge in [0.1, 0.15) is 0 Å². The van der Waals surface area contributed by atoms with Crippen LogP contribution in [0.15, 0.2) is 371 Å². The van der Waals surface area contributed by atoms with E-state index in [0.717, 1.165) is 182 Å². The molecule has 122 heavy (non-hydrogen) atoms. The van der Waals surface area contributed by atoms with Gasteiger partial charge in [0, 0.05) is 65.3 Å². The molecular weight excluding hydrogens is 1480 g/mol. The fourth-order valence-corrected chi connectivity index (χ4v) is 19.5. The Labute approximate surface area is 706 Å². The van der Waals surface area contributed by atoms with E-state index in [1.54, 1.807) is 0 Å². The smallest absolute Gasteiger partial charge is 0.0998 e. The number of aromatic nitrogens is 6. The zero-order valence-electron chi connectivity index (χ0n) is 68.0. The monoisotopic (exact) mass is 1560 g/mol. The molecule has 0 atom stereocenters. The van der Waals surface area contributed by atoms with E-state index in [1.165, 1.54) is 55.6 Å². The summed E-state index contributed by atoms with van der Waals surface area (Å²) in [6, 6.07) is 130. The van der Waals surface area contributed by atoms with Crippen LogP contribution >= 0.6 is 0 Å². The normalized spacial score (nSPS) is 11.7. The quantitative estimate of drug-likeness (QED) is 0.108. The van der Waals surface area contributed by atoms with Gasteiger partial charge in [-0.15, -0.1) is 0 Å². The standard InChI is InChI=1S/C114H78N8/c1-70-22-20-29-77(54-70)79-42-48-94-92-36-16-18-38-101(92)121(107(94)62-79)111-68-118-69-112(114(111)91-35-15-10-28-86(91)65-116)122-102-39-19-17-37-93(102)95-49-43-80(63-108(95)122)78-30-21-26-75(56-78)55-76-41-40-74(5)96(57-76)84-47-53-106-100(61-84)99-60-83(89-33-13-8-25-73(89)4)46-52-105(99)120(106)110-67-117-66-109(113(110)90-34-14-9-27-85(90)64-115)119-103-50-44-81(87-31-11-6-23-71(87)2)58-97(103)98-59-82(45-51-104(98)119)88-32-12-7-24-72(88)3/h6-54,56-63,66-69H,55H2,1-5H3. The highest BCUT2D eigenvalue weighted by Gasteiger charge is 2.29. The number of rotatable bonds is 14. The highest BCUT2D eigenvalue weighted by atomic mass is 15.1. The molecule has 0 fully saturated rings. The molecule has 0 saturated heterocycles. The lowest BCUT2D eigenvalue weighted by Gasteiger charge is -2.20. The molecule has 0 aliphatic carbocycles. The topological polar surface area (TPSA) is 93.1 Å². The van der Waals surface area contributed by atoms with Crippen molar-refractivity contribution in [3.8, 4) is 124 Å². The molecule has 574 valence electrons. The summed E-state index contributed by atoms with van der Waals surface area (Å²) in [4.78, 5) is 10.5. The van der Waals surface area contributed by atoms with Crippen LogP contribution in [-0.2, 0) is 6.42 Å². The van der Waals surface area contributed by atoms with Crippen LogP contribution in [0.3, 0.4) is 0 Å². The maximum Gasteiger partial charge on any atom is 0.0998 e. The van der Waals surface area contributed by atoms with E-state index >= 15 is 0 Å². The Morgan fingerprint density at radius 3 is 0.984 bits per heavy atom. The Morgan fingerprint density at radius 2 is 0.557 bits per heavy atom. The summed E-state index contributed by atoms with van der Waals surface area (Å²) in [5.41, 5.74) is 38.3. The van der Waals surface area contributed by atoms with E-state index in [1.807, 2.05) is 61.2 Å². The van der Waals surface area contributed by atoms with Crippen LogP contribution in [0.5, 0.6) is 0 Å². The van der Waals surface area contributed by atoms with Gasteiger partial charge in [-0.05, 0) is 226 Å². The summed E-state index contributed by atoms with van der Waals surface area (Å²) in [5.74, 6) is 0. The van der Waals surface area contributed by atoms with Crippen molar-refractivity contribution >= 4 is 87.2 Å². The molecule has 0 amide bonds. The minimum Gasteiger partial charge on any atom is -0.307 e. The van der Waals surface area contributed by atoms with Crippen LogP contribution in [0, 0.1) is 57.3 Å². The minimum absolute atomic E-state index is 0.565. The lowest BCUT2D eigenvalue weighted by atomic mass is 9.93. The lowest BCUT2D eigenvalue weighted by Crippen LogP contribution is -2.05. The average Bonchev–Trinajstić information content (AvgIpc) is 1.56. The number of nitriles is 2. The van der Waals surface area contributed by atoms with Crippen molar-refractivity contribution in [1.82, 2.24) is 28.2 Å². The van der Waals surface area contributed by atoms with Gasteiger partial charge in [0.2, 0.25) is 0 Å². The third kappa shape index (κ3) is 11.9. The zero-order chi connectivity index (χ0) is 82.0. The second-order valence-corrected chi connectivity index (χ2v) is 32.5. The fourth-order valence-electron chi connectivity index (χ4n) is 19.5. The number of pyridine rings is 2. The van der Waals surface area contributed by atoms with E-state index in [9.17, 15) is 10.5 Å². The molecule has 22 rings (SSSR count). The molecule has 0 bridgehead atoms. The molecule has 22 aromatic rings. The van der Waals surface area contributed by atoms with Crippen molar-refractivity contribution in [2.75, 3.05) is 0 Å². The summed E-state index contributed by atoms with van der Waals surface area (Å²) in [5, 5.41) is 31.3. The van der Waals surface area contributed by atoms with Crippen molar-refractivity contribution < 1.29 is 0 Å². The van der Waals surface area contributed by atoms with Gasteiger partial charge in [-0.2, -0.15) is 10.5 Å². The van der Waals surface area contributed by atoms with Gasteiger partial charge in [-0.25, -0.2) is 0 Å². The highest BCUT2D eigenvalue weighted by Crippen LogP contribution is 2.49. The predicted molar refractivity (Wildman–Crippen MR) is 505 cm³/mol. The zero-order valence-corrected chi connectivity index (χ0v) is 68.0. The number of para-hydroxylation sites is 2. The Bertz CT molecular complexity index is 8120. The molecule has 0 aliphatic heterocycles. The fraction of sp³-hybridized carbons (Fsp3) is 0.0526. The van der Waals surface area contributed by atoms with Crippen molar-refractivity contribution in [3.05, 3.63) is 421 Å². The van der Waals surface area contributed by atoms with Gasteiger partial charge in [-0.3, -0.25) is 9.97 Å². The molecule has 8 nitrogen and oxygen atoms in total. The van der Waals surface area contributed by atoms with Crippen molar-refractivity contribution in [2.45, 2.75) is 41.0 Å². The summed E-state index contributed by atoms with van der Waals surface area (Å²) in [6.45, 7) is 10.9. The number of hydrogen-bond acceptors (Lipinski definition) is 4. The third-order valence-corrected chi connectivity index (χ3v) is 25.3. The van der Waals surface area contributed by atoms with Crippen LogP contribution in [0.1, 0.15) is 50.1 Å². The molecule has 0 N–H and O–H groups in total. The summed E-state index contributed by atoms with van der Waals surface area (Å²) in [7, 11) is 0. The highest BCUT2D eigenvalue weighted by molar-refractivity contribution is 6.17. The van der Waals surface area contributed by atoms with Gasteiger partial charge in [0.15, 0.2) is 0 Å². The Balaban J connectivity index is 0.672. The van der Waals surface area contributed by atoms with Crippen LogP contribution in [0.25, 0.3) is 199 Å². The van der Waals surface area contributed by atoms with Crippen molar-refractivity contribution in [2.24, 2.45) is 0 Å². The molecular formula is C114H78N8. The number of aryl methyl sites for hydroxylation is 5.